The lowest BCUT2D eigenvalue weighted by molar-refractivity contribution is -0.125. The van der Waals surface area contributed by atoms with E-state index in [2.05, 4.69) is 10.6 Å². The second kappa shape index (κ2) is 9.58. The van der Waals surface area contributed by atoms with E-state index in [9.17, 15) is 14.7 Å². The molecule has 1 fully saturated rings. The highest BCUT2D eigenvalue weighted by molar-refractivity contribution is 7.18. The van der Waals surface area contributed by atoms with Crippen LogP contribution in [0.25, 0.3) is 0 Å². The molecular weight excluding hydrogens is 425 g/mol. The number of hydrogen-bond donors (Lipinski definition) is 3. The summed E-state index contributed by atoms with van der Waals surface area (Å²) in [6, 6.07) is 8.51. The molecule has 28 heavy (non-hydrogen) atoms. The molecule has 1 unspecified atom stereocenters. The van der Waals surface area contributed by atoms with Crippen molar-refractivity contribution in [3.63, 3.8) is 0 Å². The van der Waals surface area contributed by atoms with Crippen LogP contribution in [0.5, 0.6) is 0 Å². The van der Waals surface area contributed by atoms with Gasteiger partial charge in [0.25, 0.3) is 11.8 Å². The molecule has 1 atom stereocenters. The average Bonchev–Trinajstić information content (AvgIpc) is 3.12. The van der Waals surface area contributed by atoms with Crippen molar-refractivity contribution in [1.82, 2.24) is 5.32 Å². The van der Waals surface area contributed by atoms with Gasteiger partial charge in [0, 0.05) is 25.3 Å². The molecule has 1 aliphatic heterocycles. The maximum Gasteiger partial charge on any atom is 0.261 e. The number of rotatable bonds is 7. The fourth-order valence-corrected chi connectivity index (χ4v) is 3.89. The summed E-state index contributed by atoms with van der Waals surface area (Å²) in [5.41, 5.74) is 1.33. The number of amides is 2. The molecule has 0 radical (unpaired) electrons. The highest BCUT2D eigenvalue weighted by Gasteiger charge is 2.22. The zero-order valence-electron chi connectivity index (χ0n) is 14.8. The van der Waals surface area contributed by atoms with E-state index in [0.717, 1.165) is 0 Å². The van der Waals surface area contributed by atoms with Crippen LogP contribution in [0.3, 0.4) is 0 Å². The highest BCUT2D eigenvalue weighted by Crippen LogP contribution is 2.29. The van der Waals surface area contributed by atoms with Crippen LogP contribution in [-0.2, 0) is 9.53 Å². The van der Waals surface area contributed by atoms with Gasteiger partial charge in [-0.3, -0.25) is 9.59 Å². The normalized spacial score (nSPS) is 15.4. The van der Waals surface area contributed by atoms with Gasteiger partial charge in [-0.05, 0) is 30.3 Å². The zero-order chi connectivity index (χ0) is 20.1. The molecule has 2 amide bonds. The van der Waals surface area contributed by atoms with Crippen molar-refractivity contribution in [2.24, 2.45) is 0 Å². The van der Waals surface area contributed by atoms with Crippen LogP contribution in [0.1, 0.15) is 9.67 Å². The van der Waals surface area contributed by atoms with Crippen molar-refractivity contribution in [3.05, 3.63) is 44.6 Å². The number of morpholine rings is 1. The molecule has 2 heterocycles. The lowest BCUT2D eigenvalue weighted by atomic mass is 10.2. The number of ether oxygens (including phenoxy) is 1. The summed E-state index contributed by atoms with van der Waals surface area (Å²) in [5, 5.41) is 16.2. The molecule has 1 saturated heterocycles. The number of thiophene rings is 1. The Morgan fingerprint density at radius 3 is 2.79 bits per heavy atom. The minimum Gasteiger partial charge on any atom is -0.389 e. The molecule has 1 aromatic carbocycles. The van der Waals surface area contributed by atoms with E-state index in [1.54, 1.807) is 35.2 Å². The summed E-state index contributed by atoms with van der Waals surface area (Å²) >= 11 is 13.3. The summed E-state index contributed by atoms with van der Waals surface area (Å²) in [6.07, 6.45) is -0.793. The topological polar surface area (TPSA) is 90.9 Å². The minimum atomic E-state index is -0.793. The van der Waals surface area contributed by atoms with E-state index in [4.69, 9.17) is 27.9 Å². The van der Waals surface area contributed by atoms with Crippen LogP contribution < -0.4 is 15.5 Å². The first-order chi connectivity index (χ1) is 13.4. The van der Waals surface area contributed by atoms with Crippen LogP contribution >= 0.6 is 34.5 Å². The van der Waals surface area contributed by atoms with E-state index < -0.39 is 6.10 Å². The summed E-state index contributed by atoms with van der Waals surface area (Å²) < 4.78 is 5.65. The van der Waals surface area contributed by atoms with E-state index in [-0.39, 0.29) is 31.5 Å². The van der Waals surface area contributed by atoms with Gasteiger partial charge in [-0.2, -0.15) is 0 Å². The second-order valence-corrected chi connectivity index (χ2v) is 8.23. The van der Waals surface area contributed by atoms with Crippen LogP contribution in [0.4, 0.5) is 11.4 Å². The van der Waals surface area contributed by atoms with E-state index in [0.29, 0.717) is 38.8 Å². The summed E-state index contributed by atoms with van der Waals surface area (Å²) in [6.45, 7) is 1.29. The van der Waals surface area contributed by atoms with Crippen LogP contribution in [0, 0.1) is 0 Å². The molecule has 0 aliphatic carbocycles. The lowest BCUT2D eigenvalue weighted by Crippen LogP contribution is -2.41. The summed E-state index contributed by atoms with van der Waals surface area (Å²) in [7, 11) is 0. The second-order valence-electron chi connectivity index (χ2n) is 6.11. The highest BCUT2D eigenvalue weighted by atomic mass is 35.5. The number of hydrogen-bond acceptors (Lipinski definition) is 6. The van der Waals surface area contributed by atoms with Crippen molar-refractivity contribution >= 4 is 57.7 Å². The monoisotopic (exact) mass is 443 g/mol. The Labute approximate surface area is 176 Å². The number of nitrogens with one attached hydrogen (secondary N) is 2. The molecule has 1 aliphatic rings. The Kier molecular flexibility index (Phi) is 7.14. The molecule has 150 valence electrons. The van der Waals surface area contributed by atoms with Crippen molar-refractivity contribution in [3.8, 4) is 0 Å². The summed E-state index contributed by atoms with van der Waals surface area (Å²) in [4.78, 5) is 26.0. The van der Waals surface area contributed by atoms with Gasteiger partial charge in [0.1, 0.15) is 6.61 Å². The van der Waals surface area contributed by atoms with Crippen LogP contribution in [0.15, 0.2) is 30.3 Å². The Balaban J connectivity index is 1.49. The third kappa shape index (κ3) is 5.36. The van der Waals surface area contributed by atoms with Crippen molar-refractivity contribution in [1.29, 1.82) is 0 Å². The number of carbonyl (C=O) groups is 2. The lowest BCUT2D eigenvalue weighted by Gasteiger charge is -2.27. The number of aliphatic hydroxyl groups is 1. The molecular formula is C18H19Cl2N3O4S. The van der Waals surface area contributed by atoms with Gasteiger partial charge in [-0.1, -0.05) is 23.2 Å². The first-order valence-electron chi connectivity index (χ1n) is 8.57. The Hall–Kier alpha value is -1.84. The number of carbonyl (C=O) groups excluding carboxylic acids is 2. The quantitative estimate of drug-likeness (QED) is 0.611. The number of anilines is 2. The minimum absolute atomic E-state index is 0.0475. The van der Waals surface area contributed by atoms with Crippen molar-refractivity contribution < 1.29 is 19.4 Å². The first-order valence-corrected chi connectivity index (χ1v) is 10.1. The molecule has 0 spiro atoms. The van der Waals surface area contributed by atoms with Gasteiger partial charge >= 0.3 is 0 Å². The van der Waals surface area contributed by atoms with Crippen molar-refractivity contribution in [2.45, 2.75) is 6.10 Å². The zero-order valence-corrected chi connectivity index (χ0v) is 17.1. The predicted molar refractivity (Wildman–Crippen MR) is 111 cm³/mol. The van der Waals surface area contributed by atoms with E-state index in [1.165, 1.54) is 11.3 Å². The third-order valence-corrected chi connectivity index (χ3v) is 5.59. The SMILES string of the molecule is O=C(NCC(O)CNc1ccc(N2CCOCC2=O)c(Cl)c1)c1ccc(Cl)s1. The molecule has 7 nitrogen and oxygen atoms in total. The maximum absolute atomic E-state index is 11.9. The largest absolute Gasteiger partial charge is 0.389 e. The van der Waals surface area contributed by atoms with Gasteiger partial charge in [0.2, 0.25) is 0 Å². The fourth-order valence-electron chi connectivity index (χ4n) is 2.65. The van der Waals surface area contributed by atoms with Gasteiger partial charge in [0.05, 0.1) is 32.6 Å². The maximum atomic E-state index is 11.9. The summed E-state index contributed by atoms with van der Waals surface area (Å²) in [5.74, 6) is -0.412. The van der Waals surface area contributed by atoms with Crippen LogP contribution in [0.2, 0.25) is 9.36 Å². The van der Waals surface area contributed by atoms with E-state index >= 15 is 0 Å². The standard InChI is InChI=1S/C18H19Cl2N3O4S/c19-13-7-11(1-2-14(13)23-5-6-27-10-17(23)25)21-8-12(24)9-22-18(26)15-3-4-16(20)28-15/h1-4,7,12,21,24H,5-6,8-10H2,(H,22,26). The smallest absolute Gasteiger partial charge is 0.261 e. The fraction of sp³-hybridized carbons (Fsp3) is 0.333. The van der Waals surface area contributed by atoms with Crippen LogP contribution in [-0.4, -0.2) is 55.9 Å². The Bertz CT molecular complexity index is 861. The average molecular weight is 444 g/mol. The number of nitrogens with zero attached hydrogens (tertiary/aromatic N) is 1. The Morgan fingerprint density at radius 1 is 1.29 bits per heavy atom. The molecule has 1 aromatic heterocycles. The molecule has 3 N–H and O–H groups in total. The van der Waals surface area contributed by atoms with Gasteiger partial charge < -0.3 is 25.4 Å². The molecule has 2 aromatic rings. The van der Waals surface area contributed by atoms with Gasteiger partial charge in [0.15, 0.2) is 0 Å². The van der Waals surface area contributed by atoms with E-state index in [1.807, 2.05) is 0 Å². The van der Waals surface area contributed by atoms with Gasteiger partial charge in [-0.25, -0.2) is 0 Å². The molecule has 0 bridgehead atoms. The molecule has 10 heteroatoms. The predicted octanol–water partition coefficient (Wildman–Crippen LogP) is 2.62. The van der Waals surface area contributed by atoms with Gasteiger partial charge in [-0.15, -0.1) is 11.3 Å². The van der Waals surface area contributed by atoms with Crippen molar-refractivity contribution in [2.75, 3.05) is 43.1 Å². The number of halogens is 2. The first kappa shape index (κ1) is 20.9. The molecule has 0 saturated carbocycles. The third-order valence-electron chi connectivity index (χ3n) is 4.06. The molecule has 3 rings (SSSR count). The number of benzene rings is 1. The number of aliphatic hydroxyl groups excluding tert-OH is 1. The Morgan fingerprint density at radius 2 is 2.11 bits per heavy atom.